The lowest BCUT2D eigenvalue weighted by Crippen LogP contribution is -2.43. The molecular formula is C20H26O6. The van der Waals surface area contributed by atoms with Crippen LogP contribution in [-0.4, -0.2) is 47.1 Å². The van der Waals surface area contributed by atoms with E-state index in [0.29, 0.717) is 24.0 Å². The maximum atomic E-state index is 12.3. The summed E-state index contributed by atoms with van der Waals surface area (Å²) in [5, 5.41) is 20.5. The first kappa shape index (κ1) is 20.1. The Kier molecular flexibility index (Phi) is 6.56. The van der Waals surface area contributed by atoms with Gasteiger partial charge < -0.3 is 19.7 Å². The van der Waals surface area contributed by atoms with Crippen LogP contribution in [0.15, 0.2) is 47.1 Å². The van der Waals surface area contributed by atoms with Gasteiger partial charge in [-0.1, -0.05) is 24.3 Å². The Morgan fingerprint density at radius 1 is 1.50 bits per heavy atom. The summed E-state index contributed by atoms with van der Waals surface area (Å²) >= 11 is 0. The van der Waals surface area contributed by atoms with Gasteiger partial charge in [0.2, 0.25) is 0 Å². The Morgan fingerprint density at radius 2 is 2.19 bits per heavy atom. The normalized spacial score (nSPS) is 34.1. The Morgan fingerprint density at radius 3 is 2.81 bits per heavy atom. The minimum atomic E-state index is -1.26. The van der Waals surface area contributed by atoms with Crippen molar-refractivity contribution in [2.75, 3.05) is 6.61 Å². The van der Waals surface area contributed by atoms with Crippen LogP contribution in [0.25, 0.3) is 0 Å². The Balaban J connectivity index is 2.50. The first-order valence-electron chi connectivity index (χ1n) is 8.69. The summed E-state index contributed by atoms with van der Waals surface area (Å²) in [5.74, 6) is -1.90. The van der Waals surface area contributed by atoms with Gasteiger partial charge in [0.25, 0.3) is 0 Å². The van der Waals surface area contributed by atoms with Crippen molar-refractivity contribution in [1.29, 1.82) is 0 Å². The van der Waals surface area contributed by atoms with Crippen molar-refractivity contribution >= 4 is 11.9 Å². The summed E-state index contributed by atoms with van der Waals surface area (Å²) in [5.41, 5.74) is 1.87. The van der Waals surface area contributed by atoms with Gasteiger partial charge in [0.15, 0.2) is 0 Å². The molecule has 0 spiro atoms. The van der Waals surface area contributed by atoms with Crippen LogP contribution in [-0.2, 0) is 19.1 Å². The molecule has 1 aliphatic heterocycles. The third-order valence-electron chi connectivity index (χ3n) is 4.88. The van der Waals surface area contributed by atoms with Gasteiger partial charge in [-0.15, -0.1) is 0 Å². The molecule has 0 bridgehead atoms. The maximum absolute atomic E-state index is 12.3. The monoisotopic (exact) mass is 362 g/mol. The Labute approximate surface area is 153 Å². The van der Waals surface area contributed by atoms with Crippen LogP contribution >= 0.6 is 0 Å². The molecule has 4 atom stereocenters. The van der Waals surface area contributed by atoms with Crippen LogP contribution in [0.1, 0.15) is 33.6 Å². The fourth-order valence-corrected chi connectivity index (χ4v) is 3.14. The van der Waals surface area contributed by atoms with Crippen molar-refractivity contribution in [2.45, 2.75) is 51.9 Å². The number of carbonyl (C=O) groups is 2. The highest BCUT2D eigenvalue weighted by Gasteiger charge is 2.47. The second-order valence-electron chi connectivity index (χ2n) is 6.70. The van der Waals surface area contributed by atoms with Gasteiger partial charge in [0.1, 0.15) is 18.3 Å². The highest BCUT2D eigenvalue weighted by molar-refractivity contribution is 5.92. The highest BCUT2D eigenvalue weighted by atomic mass is 16.6. The summed E-state index contributed by atoms with van der Waals surface area (Å²) in [6.07, 6.45) is 3.43. The molecule has 1 heterocycles. The van der Waals surface area contributed by atoms with Crippen LogP contribution in [0.4, 0.5) is 0 Å². The van der Waals surface area contributed by atoms with Crippen molar-refractivity contribution in [2.24, 2.45) is 5.92 Å². The molecule has 0 saturated carbocycles. The molecule has 1 saturated heterocycles. The first-order valence-corrected chi connectivity index (χ1v) is 8.69. The summed E-state index contributed by atoms with van der Waals surface area (Å²) in [4.78, 5) is 24.4. The van der Waals surface area contributed by atoms with Crippen LogP contribution < -0.4 is 0 Å². The van der Waals surface area contributed by atoms with E-state index in [-0.39, 0.29) is 12.2 Å². The van der Waals surface area contributed by atoms with Crippen molar-refractivity contribution in [3.63, 3.8) is 0 Å². The lowest BCUT2D eigenvalue weighted by Gasteiger charge is -2.31. The minimum absolute atomic E-state index is 0.145. The zero-order valence-electron chi connectivity index (χ0n) is 15.4. The summed E-state index contributed by atoms with van der Waals surface area (Å²) in [6.45, 7) is 8.62. The molecule has 0 amide bonds. The fourth-order valence-electron chi connectivity index (χ4n) is 3.14. The molecule has 1 aliphatic carbocycles. The summed E-state index contributed by atoms with van der Waals surface area (Å²) in [6, 6.07) is 0. The van der Waals surface area contributed by atoms with Crippen molar-refractivity contribution in [3.8, 4) is 0 Å². The lowest BCUT2D eigenvalue weighted by molar-refractivity contribution is -0.153. The molecule has 142 valence electrons. The Bertz CT molecular complexity index is 684. The number of rotatable bonds is 3. The molecule has 2 rings (SSSR count). The van der Waals surface area contributed by atoms with E-state index >= 15 is 0 Å². The van der Waals surface area contributed by atoms with Gasteiger partial charge in [-0.05, 0) is 45.3 Å². The molecule has 0 unspecified atom stereocenters. The van der Waals surface area contributed by atoms with E-state index in [0.717, 1.165) is 5.57 Å². The van der Waals surface area contributed by atoms with Crippen molar-refractivity contribution < 1.29 is 29.3 Å². The van der Waals surface area contributed by atoms with Crippen LogP contribution in [0.2, 0.25) is 0 Å². The van der Waals surface area contributed by atoms with Gasteiger partial charge in [0.05, 0.1) is 12.5 Å². The molecule has 26 heavy (non-hydrogen) atoms. The standard InChI is InChI=1S/C20H26O6/c1-5-12(3)19(23)26-18-16-13(4)20(24)25-15(16)9-11(2)7-6-8-14(10-21)17(18)22/h5,8-9,15-18,21-22H,4,6-7,10H2,1-3H3/b11-9+,12-5-,14-8+/t15-,16-,17-,18+/m0/s1. The van der Waals surface area contributed by atoms with E-state index in [1.165, 1.54) is 0 Å². The molecule has 0 aromatic carbocycles. The molecule has 0 aromatic rings. The van der Waals surface area contributed by atoms with Crippen LogP contribution in [0.3, 0.4) is 0 Å². The number of esters is 2. The predicted octanol–water partition coefficient (Wildman–Crippen LogP) is 1.98. The van der Waals surface area contributed by atoms with E-state index in [1.807, 2.05) is 13.0 Å². The SMILES string of the molecule is C=C1C(=O)O[C@H]2/C=C(\C)CC/C=C(\CO)[C@H](O)[C@H](OC(=O)/C(C)=C\C)[C@@H]12. The number of aliphatic hydroxyl groups is 2. The molecule has 6 nitrogen and oxygen atoms in total. The Hall–Kier alpha value is -2.18. The largest absolute Gasteiger partial charge is 0.455 e. The second kappa shape index (κ2) is 8.47. The van der Waals surface area contributed by atoms with E-state index in [4.69, 9.17) is 9.47 Å². The van der Waals surface area contributed by atoms with Gasteiger partial charge in [-0.25, -0.2) is 9.59 Å². The van der Waals surface area contributed by atoms with E-state index < -0.39 is 36.2 Å². The molecular weight excluding hydrogens is 336 g/mol. The first-order chi connectivity index (χ1) is 12.3. The van der Waals surface area contributed by atoms with Crippen molar-refractivity contribution in [3.05, 3.63) is 47.1 Å². The zero-order chi connectivity index (χ0) is 19.4. The molecule has 2 aliphatic rings. The zero-order valence-corrected chi connectivity index (χ0v) is 15.4. The average Bonchev–Trinajstić information content (AvgIpc) is 2.88. The number of hydrogen-bond acceptors (Lipinski definition) is 6. The number of allylic oxidation sites excluding steroid dienone is 3. The van der Waals surface area contributed by atoms with Gasteiger partial charge in [-0.2, -0.15) is 0 Å². The van der Waals surface area contributed by atoms with Gasteiger partial charge in [0, 0.05) is 11.1 Å². The average molecular weight is 362 g/mol. The minimum Gasteiger partial charge on any atom is -0.455 e. The van der Waals surface area contributed by atoms with E-state index in [1.54, 1.807) is 26.0 Å². The molecule has 6 heteroatoms. The number of fused-ring (bicyclic) bond motifs is 1. The predicted molar refractivity (Wildman–Crippen MR) is 96.0 cm³/mol. The smallest absolute Gasteiger partial charge is 0.334 e. The third kappa shape index (κ3) is 4.14. The second-order valence-corrected chi connectivity index (χ2v) is 6.70. The molecule has 0 radical (unpaired) electrons. The lowest BCUT2D eigenvalue weighted by atomic mass is 9.83. The number of hydrogen-bond donors (Lipinski definition) is 2. The molecule has 0 aromatic heterocycles. The fraction of sp³-hybridized carbons (Fsp3) is 0.500. The van der Waals surface area contributed by atoms with Crippen LogP contribution in [0, 0.1) is 5.92 Å². The van der Waals surface area contributed by atoms with E-state index in [2.05, 4.69) is 6.58 Å². The maximum Gasteiger partial charge on any atom is 0.334 e. The summed E-state index contributed by atoms with van der Waals surface area (Å²) < 4.78 is 10.9. The highest BCUT2D eigenvalue weighted by Crippen LogP contribution is 2.36. The summed E-state index contributed by atoms with van der Waals surface area (Å²) in [7, 11) is 0. The van der Waals surface area contributed by atoms with Gasteiger partial charge >= 0.3 is 11.9 Å². The number of aliphatic hydroxyl groups excluding tert-OH is 2. The van der Waals surface area contributed by atoms with E-state index in [9.17, 15) is 19.8 Å². The number of carbonyl (C=O) groups excluding carboxylic acids is 2. The van der Waals surface area contributed by atoms with Crippen molar-refractivity contribution in [1.82, 2.24) is 0 Å². The topological polar surface area (TPSA) is 93.1 Å². The molecule has 2 N–H and O–H groups in total. The molecule has 1 fully saturated rings. The van der Waals surface area contributed by atoms with Crippen LogP contribution in [0.5, 0.6) is 0 Å². The third-order valence-corrected chi connectivity index (χ3v) is 4.88. The van der Waals surface area contributed by atoms with Gasteiger partial charge in [-0.3, -0.25) is 0 Å². The number of ether oxygens (including phenoxy) is 2. The quantitative estimate of drug-likeness (QED) is 0.453.